The third-order valence-electron chi connectivity index (χ3n) is 6.02. The number of imide groups is 1. The van der Waals surface area contributed by atoms with Crippen LogP contribution in [0.25, 0.3) is 11.4 Å². The summed E-state index contributed by atoms with van der Waals surface area (Å²) in [5, 5.41) is 0. The minimum absolute atomic E-state index is 0.0444. The van der Waals surface area contributed by atoms with Crippen LogP contribution in [0.15, 0.2) is 43.0 Å². The number of piperidine rings is 1. The van der Waals surface area contributed by atoms with Crippen molar-refractivity contribution < 1.29 is 27.5 Å². The Balaban J connectivity index is 1.41. The lowest BCUT2D eigenvalue weighted by Gasteiger charge is -2.33. The van der Waals surface area contributed by atoms with Crippen LogP contribution in [0.3, 0.4) is 0 Å². The summed E-state index contributed by atoms with van der Waals surface area (Å²) in [7, 11) is 0. The number of likely N-dealkylation sites (tertiary alicyclic amines) is 1. The zero-order chi connectivity index (χ0) is 24.7. The molecule has 12 heteroatoms. The van der Waals surface area contributed by atoms with Crippen LogP contribution in [-0.2, 0) is 11.0 Å². The average molecular weight is 484 g/mol. The van der Waals surface area contributed by atoms with Gasteiger partial charge in [0, 0.05) is 24.0 Å². The quantitative estimate of drug-likeness (QED) is 0.508. The van der Waals surface area contributed by atoms with E-state index in [4.69, 9.17) is 4.74 Å². The predicted octanol–water partition coefficient (Wildman–Crippen LogP) is 3.11. The van der Waals surface area contributed by atoms with Gasteiger partial charge in [0.1, 0.15) is 12.3 Å². The first-order valence-electron chi connectivity index (χ1n) is 10.9. The molecule has 1 saturated carbocycles. The molecule has 0 spiro atoms. The molecule has 9 nitrogen and oxygen atoms in total. The molecule has 3 aromatic rings. The Kier molecular flexibility index (Phi) is 5.65. The highest BCUT2D eigenvalue weighted by Gasteiger charge is 2.54. The van der Waals surface area contributed by atoms with E-state index in [2.05, 4.69) is 24.9 Å². The third kappa shape index (κ3) is 4.55. The zero-order valence-corrected chi connectivity index (χ0v) is 18.4. The Bertz CT molecular complexity index is 1270. The first kappa shape index (κ1) is 22.8. The minimum Gasteiger partial charge on any atom is -0.474 e. The van der Waals surface area contributed by atoms with Crippen LogP contribution in [0, 0.1) is 18.8 Å². The highest BCUT2D eigenvalue weighted by atomic mass is 19.4. The van der Waals surface area contributed by atoms with Gasteiger partial charge in [0.15, 0.2) is 11.5 Å². The fourth-order valence-corrected chi connectivity index (χ4v) is 4.20. The van der Waals surface area contributed by atoms with Crippen LogP contribution in [-0.4, -0.2) is 54.3 Å². The Morgan fingerprint density at radius 3 is 2.57 bits per heavy atom. The van der Waals surface area contributed by atoms with Crippen molar-refractivity contribution in [1.29, 1.82) is 0 Å². The highest BCUT2D eigenvalue weighted by Crippen LogP contribution is 2.48. The van der Waals surface area contributed by atoms with Crippen LogP contribution in [0.5, 0.6) is 5.88 Å². The van der Waals surface area contributed by atoms with E-state index in [1.807, 2.05) is 0 Å². The molecule has 3 atom stereocenters. The van der Waals surface area contributed by atoms with Crippen molar-refractivity contribution in [1.82, 2.24) is 29.8 Å². The first-order chi connectivity index (χ1) is 16.7. The summed E-state index contributed by atoms with van der Waals surface area (Å²) < 4.78 is 43.7. The van der Waals surface area contributed by atoms with Crippen molar-refractivity contribution >= 4 is 11.8 Å². The molecule has 0 radical (unpaired) electrons. The molecule has 0 aromatic carbocycles. The summed E-state index contributed by atoms with van der Waals surface area (Å²) in [4.78, 5) is 47.7. The standard InChI is InChI=1S/C23H19F3N6O3/c1-12-3-4-15(20-27-5-2-6-28-20)19(31-12)22(34)32-14(7-13-8-16(13)21(32)33)11-35-18-10-29-17(9-30-18)23(24,25)26/h2-6,9-10,13-14,16H,7-8,11H2,1H3/t13-,14-,16+/m0/s1. The Labute approximate surface area is 197 Å². The number of halogens is 3. The summed E-state index contributed by atoms with van der Waals surface area (Å²) in [5.74, 6) is -0.850. The van der Waals surface area contributed by atoms with E-state index in [9.17, 15) is 22.8 Å². The van der Waals surface area contributed by atoms with Crippen LogP contribution in [0.4, 0.5) is 13.2 Å². The number of carbonyl (C=O) groups is 2. The van der Waals surface area contributed by atoms with Crippen LogP contribution >= 0.6 is 0 Å². The largest absolute Gasteiger partial charge is 0.474 e. The third-order valence-corrected chi connectivity index (χ3v) is 6.02. The summed E-state index contributed by atoms with van der Waals surface area (Å²) in [6.45, 7) is 1.59. The topological polar surface area (TPSA) is 111 Å². The van der Waals surface area contributed by atoms with Gasteiger partial charge in [-0.05, 0) is 43.9 Å². The lowest BCUT2D eigenvalue weighted by atomic mass is 10.0. The van der Waals surface area contributed by atoms with E-state index in [1.54, 1.807) is 37.5 Å². The second kappa shape index (κ2) is 8.67. The minimum atomic E-state index is -4.62. The van der Waals surface area contributed by atoms with E-state index in [0.717, 1.165) is 11.1 Å². The number of aromatic nitrogens is 5. The maximum absolute atomic E-state index is 13.7. The van der Waals surface area contributed by atoms with Gasteiger partial charge < -0.3 is 4.74 Å². The fourth-order valence-electron chi connectivity index (χ4n) is 4.20. The van der Waals surface area contributed by atoms with Crippen LogP contribution in [0.1, 0.15) is 34.7 Å². The smallest absolute Gasteiger partial charge is 0.434 e. The fraction of sp³-hybridized carbons (Fsp3) is 0.348. The number of rotatable bonds is 5. The van der Waals surface area contributed by atoms with Gasteiger partial charge in [0.05, 0.1) is 24.0 Å². The molecule has 0 bridgehead atoms. The Morgan fingerprint density at radius 2 is 1.89 bits per heavy atom. The molecule has 0 N–H and O–H groups in total. The van der Waals surface area contributed by atoms with Crippen molar-refractivity contribution in [3.05, 3.63) is 60.1 Å². The predicted molar refractivity (Wildman–Crippen MR) is 114 cm³/mol. The number of carbonyl (C=O) groups excluding carboxylic acids is 2. The maximum Gasteiger partial charge on any atom is 0.434 e. The number of alkyl halides is 3. The van der Waals surface area contributed by atoms with Gasteiger partial charge in [-0.15, -0.1) is 0 Å². The number of pyridine rings is 1. The molecule has 2 fully saturated rings. The molecule has 2 aliphatic rings. The van der Waals surface area contributed by atoms with Gasteiger partial charge in [-0.1, -0.05) is 0 Å². The van der Waals surface area contributed by atoms with E-state index < -0.39 is 23.8 Å². The number of hydrogen-bond acceptors (Lipinski definition) is 8. The average Bonchev–Trinajstić information content (AvgIpc) is 3.63. The number of ether oxygens (including phenoxy) is 1. The monoisotopic (exact) mass is 484 g/mol. The van der Waals surface area contributed by atoms with Gasteiger partial charge in [-0.25, -0.2) is 24.9 Å². The molecule has 1 aliphatic heterocycles. The SMILES string of the molecule is Cc1ccc(-c2ncccn2)c(C(=O)N2C(=O)[C@@H]3C[C@@H]3C[C@H]2COc2cnc(C(F)(F)F)cn2)n1. The summed E-state index contributed by atoms with van der Waals surface area (Å²) in [6, 6.07) is 4.41. The normalized spacial score (nSPS) is 21.4. The van der Waals surface area contributed by atoms with Crippen molar-refractivity contribution in [2.24, 2.45) is 11.8 Å². The van der Waals surface area contributed by atoms with Crippen molar-refractivity contribution in [3.63, 3.8) is 0 Å². The van der Waals surface area contributed by atoms with Crippen LogP contribution in [0.2, 0.25) is 0 Å². The van der Waals surface area contributed by atoms with Gasteiger partial charge in [0.25, 0.3) is 5.91 Å². The molecule has 180 valence electrons. The second-order valence-electron chi connectivity index (χ2n) is 8.48. The van der Waals surface area contributed by atoms with Gasteiger partial charge in [-0.3, -0.25) is 14.5 Å². The molecule has 4 heterocycles. The van der Waals surface area contributed by atoms with E-state index in [-0.39, 0.29) is 35.9 Å². The van der Waals surface area contributed by atoms with Crippen molar-refractivity contribution in [3.8, 4) is 17.3 Å². The molecule has 0 unspecified atom stereocenters. The molecule has 1 saturated heterocycles. The molecule has 2 amide bonds. The number of nitrogens with zero attached hydrogens (tertiary/aromatic N) is 6. The summed E-state index contributed by atoms with van der Waals surface area (Å²) in [6.07, 6.45) is 1.09. The molecular weight excluding hydrogens is 465 g/mol. The van der Waals surface area contributed by atoms with E-state index in [1.165, 1.54) is 0 Å². The number of hydrogen-bond donors (Lipinski definition) is 0. The Hall–Kier alpha value is -3.96. The second-order valence-corrected chi connectivity index (χ2v) is 8.48. The van der Waals surface area contributed by atoms with Gasteiger partial charge in [0.2, 0.25) is 11.8 Å². The summed E-state index contributed by atoms with van der Waals surface area (Å²) in [5.41, 5.74) is -0.130. The lowest BCUT2D eigenvalue weighted by molar-refractivity contribution is -0.141. The number of fused-ring (bicyclic) bond motifs is 1. The Morgan fingerprint density at radius 1 is 1.11 bits per heavy atom. The van der Waals surface area contributed by atoms with Gasteiger partial charge >= 0.3 is 6.18 Å². The highest BCUT2D eigenvalue weighted by molar-refractivity contribution is 6.08. The molecule has 1 aliphatic carbocycles. The van der Waals surface area contributed by atoms with E-state index >= 15 is 0 Å². The number of amides is 2. The molecular formula is C23H19F3N6O3. The van der Waals surface area contributed by atoms with Crippen molar-refractivity contribution in [2.75, 3.05) is 6.61 Å². The zero-order valence-electron chi connectivity index (χ0n) is 18.4. The van der Waals surface area contributed by atoms with Crippen LogP contribution < -0.4 is 4.74 Å². The first-order valence-corrected chi connectivity index (χ1v) is 10.9. The lowest BCUT2D eigenvalue weighted by Crippen LogP contribution is -2.51. The van der Waals surface area contributed by atoms with E-state index in [0.29, 0.717) is 36.1 Å². The molecule has 35 heavy (non-hydrogen) atoms. The summed E-state index contributed by atoms with van der Waals surface area (Å²) >= 11 is 0. The molecule has 5 rings (SSSR count). The molecule has 3 aromatic heterocycles. The van der Waals surface area contributed by atoms with Crippen molar-refractivity contribution in [2.45, 2.75) is 32.0 Å². The van der Waals surface area contributed by atoms with Gasteiger partial charge in [-0.2, -0.15) is 13.2 Å². The number of aryl methyl sites for hydroxylation is 1. The maximum atomic E-state index is 13.7.